The fourth-order valence-corrected chi connectivity index (χ4v) is 3.61. The largest absolute Gasteiger partial charge is 0.335 e. The van der Waals surface area contributed by atoms with Crippen LogP contribution >= 0.6 is 0 Å². The van der Waals surface area contributed by atoms with Crippen molar-refractivity contribution in [3.8, 4) is 23.6 Å². The molecular weight excluding hydrogens is 374 g/mol. The average molecular weight is 393 g/mol. The molecule has 1 aliphatic rings. The van der Waals surface area contributed by atoms with Gasteiger partial charge in [-0.25, -0.2) is 4.98 Å². The monoisotopic (exact) mass is 393 g/mol. The zero-order valence-corrected chi connectivity index (χ0v) is 16.2. The second kappa shape index (κ2) is 7.49. The van der Waals surface area contributed by atoms with E-state index in [1.165, 1.54) is 0 Å². The standard InChI is InChI=1S/C25H19N3O2/c1-2-20(16-9-5-3-6-10-16)26-24(29)19-15-21(17-13-14-17)27-25-22(19)23(28-30-25)18-11-7-4-8-12-18/h1,3-12,15,17,20H,13-14H2,(H,26,29). The summed E-state index contributed by atoms with van der Waals surface area (Å²) in [7, 11) is 0. The second-order valence-electron chi connectivity index (χ2n) is 7.43. The second-order valence-corrected chi connectivity index (χ2v) is 7.43. The van der Waals surface area contributed by atoms with Crippen molar-refractivity contribution in [3.05, 3.63) is 83.6 Å². The number of hydrogen-bond acceptors (Lipinski definition) is 4. The van der Waals surface area contributed by atoms with E-state index in [0.29, 0.717) is 28.3 Å². The summed E-state index contributed by atoms with van der Waals surface area (Å²) in [5.74, 6) is 2.77. The van der Waals surface area contributed by atoms with E-state index < -0.39 is 6.04 Å². The molecule has 2 aromatic heterocycles. The Bertz CT molecular complexity index is 1250. The van der Waals surface area contributed by atoms with E-state index in [-0.39, 0.29) is 5.91 Å². The molecule has 1 saturated carbocycles. The van der Waals surface area contributed by atoms with E-state index in [0.717, 1.165) is 29.7 Å². The predicted molar refractivity (Wildman–Crippen MR) is 115 cm³/mol. The molecule has 146 valence electrons. The van der Waals surface area contributed by atoms with E-state index in [4.69, 9.17) is 10.9 Å². The topological polar surface area (TPSA) is 68.0 Å². The number of pyridine rings is 1. The van der Waals surface area contributed by atoms with Crippen molar-refractivity contribution in [3.63, 3.8) is 0 Å². The summed E-state index contributed by atoms with van der Waals surface area (Å²) in [6, 6.07) is 20.5. The molecule has 5 heteroatoms. The Kier molecular flexibility index (Phi) is 4.53. The lowest BCUT2D eigenvalue weighted by Gasteiger charge is -2.14. The van der Waals surface area contributed by atoms with Crippen molar-refractivity contribution in [2.75, 3.05) is 0 Å². The lowest BCUT2D eigenvalue weighted by atomic mass is 10.0. The fourth-order valence-electron chi connectivity index (χ4n) is 3.61. The number of fused-ring (bicyclic) bond motifs is 1. The first-order valence-electron chi connectivity index (χ1n) is 9.92. The molecule has 5 rings (SSSR count). The summed E-state index contributed by atoms with van der Waals surface area (Å²) in [6.45, 7) is 0. The highest BCUT2D eigenvalue weighted by Gasteiger charge is 2.29. The van der Waals surface area contributed by atoms with Crippen molar-refractivity contribution in [2.24, 2.45) is 0 Å². The molecule has 4 aromatic rings. The molecule has 1 fully saturated rings. The summed E-state index contributed by atoms with van der Waals surface area (Å²) in [5.41, 5.74) is 4.04. The van der Waals surface area contributed by atoms with Crippen molar-refractivity contribution >= 4 is 17.0 Å². The van der Waals surface area contributed by atoms with Crippen LogP contribution < -0.4 is 5.32 Å². The van der Waals surface area contributed by atoms with E-state index in [2.05, 4.69) is 21.4 Å². The van der Waals surface area contributed by atoms with Crippen molar-refractivity contribution in [2.45, 2.75) is 24.8 Å². The van der Waals surface area contributed by atoms with Crippen LogP contribution in [-0.2, 0) is 0 Å². The minimum Gasteiger partial charge on any atom is -0.335 e. The molecule has 0 bridgehead atoms. The molecule has 1 atom stereocenters. The number of carbonyl (C=O) groups excluding carboxylic acids is 1. The highest BCUT2D eigenvalue weighted by Crippen LogP contribution is 2.41. The third kappa shape index (κ3) is 3.33. The summed E-state index contributed by atoms with van der Waals surface area (Å²) in [6.07, 6.45) is 7.86. The van der Waals surface area contributed by atoms with Gasteiger partial charge in [0.15, 0.2) is 0 Å². The Morgan fingerprint density at radius 1 is 1.10 bits per heavy atom. The Balaban J connectivity index is 1.60. The fraction of sp³-hybridized carbons (Fsp3) is 0.160. The number of terminal acetylenes is 1. The maximum Gasteiger partial charge on any atom is 0.259 e. The molecule has 5 nitrogen and oxygen atoms in total. The highest BCUT2D eigenvalue weighted by molar-refractivity contribution is 6.09. The number of rotatable bonds is 5. The Morgan fingerprint density at radius 2 is 1.80 bits per heavy atom. The van der Waals surface area contributed by atoms with Crippen LogP contribution in [0.5, 0.6) is 0 Å². The SMILES string of the molecule is C#CC(NC(=O)c1cc(C2CC2)nc2onc(-c3ccccc3)c12)c1ccccc1. The first kappa shape index (κ1) is 18.1. The van der Waals surface area contributed by atoms with E-state index >= 15 is 0 Å². The number of carbonyl (C=O) groups is 1. The average Bonchev–Trinajstić information content (AvgIpc) is 3.57. The van der Waals surface area contributed by atoms with Crippen LogP contribution in [0.1, 0.15) is 46.4 Å². The van der Waals surface area contributed by atoms with Crippen LogP contribution in [0.4, 0.5) is 0 Å². The zero-order chi connectivity index (χ0) is 20.5. The molecule has 0 saturated heterocycles. The molecule has 2 aromatic carbocycles. The first-order valence-corrected chi connectivity index (χ1v) is 9.92. The van der Waals surface area contributed by atoms with Gasteiger partial charge in [0.05, 0.1) is 10.9 Å². The Labute approximate surface area is 174 Å². The smallest absolute Gasteiger partial charge is 0.259 e. The quantitative estimate of drug-likeness (QED) is 0.491. The molecule has 1 aliphatic carbocycles. The molecule has 2 heterocycles. The summed E-state index contributed by atoms with van der Waals surface area (Å²) < 4.78 is 5.55. The van der Waals surface area contributed by atoms with E-state index in [9.17, 15) is 4.79 Å². The van der Waals surface area contributed by atoms with Gasteiger partial charge < -0.3 is 9.84 Å². The number of aromatic nitrogens is 2. The van der Waals surface area contributed by atoms with Crippen LogP contribution in [0.25, 0.3) is 22.4 Å². The summed E-state index contributed by atoms with van der Waals surface area (Å²) >= 11 is 0. The zero-order valence-electron chi connectivity index (χ0n) is 16.2. The lowest BCUT2D eigenvalue weighted by Crippen LogP contribution is -2.28. The molecule has 30 heavy (non-hydrogen) atoms. The van der Waals surface area contributed by atoms with Gasteiger partial charge in [0.25, 0.3) is 11.6 Å². The number of nitrogens with one attached hydrogen (secondary N) is 1. The molecule has 1 amide bonds. The van der Waals surface area contributed by atoms with E-state index in [1.807, 2.05) is 66.7 Å². The maximum atomic E-state index is 13.4. The van der Waals surface area contributed by atoms with Crippen molar-refractivity contribution in [1.82, 2.24) is 15.5 Å². The third-order valence-corrected chi connectivity index (χ3v) is 5.33. The Morgan fingerprint density at radius 3 is 2.47 bits per heavy atom. The van der Waals surface area contributed by atoms with Gasteiger partial charge in [-0.15, -0.1) is 6.42 Å². The predicted octanol–water partition coefficient (Wildman–Crippen LogP) is 4.87. The van der Waals surface area contributed by atoms with Crippen molar-refractivity contribution in [1.29, 1.82) is 0 Å². The van der Waals surface area contributed by atoms with Gasteiger partial charge in [0.2, 0.25) is 0 Å². The van der Waals surface area contributed by atoms with Gasteiger partial charge >= 0.3 is 0 Å². The molecule has 0 aliphatic heterocycles. The van der Waals surface area contributed by atoms with Crippen LogP contribution in [0.2, 0.25) is 0 Å². The van der Waals surface area contributed by atoms with Gasteiger partial charge in [-0.1, -0.05) is 71.7 Å². The van der Waals surface area contributed by atoms with Crippen LogP contribution in [0.15, 0.2) is 71.3 Å². The number of benzene rings is 2. The Hall–Kier alpha value is -3.91. The minimum absolute atomic E-state index is 0.267. The summed E-state index contributed by atoms with van der Waals surface area (Å²) in [4.78, 5) is 18.0. The number of hydrogen-bond donors (Lipinski definition) is 1. The van der Waals surface area contributed by atoms with Gasteiger partial charge in [-0.2, -0.15) is 0 Å². The highest BCUT2D eigenvalue weighted by atomic mass is 16.5. The molecule has 1 N–H and O–H groups in total. The minimum atomic E-state index is -0.536. The van der Waals surface area contributed by atoms with Crippen LogP contribution in [0, 0.1) is 12.3 Å². The number of nitrogens with zero attached hydrogens (tertiary/aromatic N) is 2. The number of amides is 1. The van der Waals surface area contributed by atoms with Crippen molar-refractivity contribution < 1.29 is 9.32 Å². The van der Waals surface area contributed by atoms with Crippen LogP contribution in [0.3, 0.4) is 0 Å². The molecule has 0 spiro atoms. The van der Waals surface area contributed by atoms with Crippen LogP contribution in [-0.4, -0.2) is 16.0 Å². The third-order valence-electron chi connectivity index (χ3n) is 5.33. The van der Waals surface area contributed by atoms with E-state index in [1.54, 1.807) is 0 Å². The molecule has 0 radical (unpaired) electrons. The normalized spacial score (nSPS) is 14.2. The summed E-state index contributed by atoms with van der Waals surface area (Å²) in [5, 5.41) is 7.81. The first-order chi connectivity index (χ1) is 14.7. The molecule has 1 unspecified atom stereocenters. The molecular formula is C25H19N3O2. The lowest BCUT2D eigenvalue weighted by molar-refractivity contribution is 0.0947. The maximum absolute atomic E-state index is 13.4. The van der Waals surface area contributed by atoms with Gasteiger partial charge in [0.1, 0.15) is 11.7 Å². The van der Waals surface area contributed by atoms with Gasteiger partial charge in [-0.3, -0.25) is 4.79 Å². The van der Waals surface area contributed by atoms with Gasteiger partial charge in [-0.05, 0) is 24.5 Å². The van der Waals surface area contributed by atoms with Gasteiger partial charge in [0, 0.05) is 17.2 Å².